The number of carbonyl (C=O) groups excluding carboxylic acids is 2. The molecule has 11 heteroatoms. The highest BCUT2D eigenvalue weighted by atomic mass is 35.5. The van der Waals surface area contributed by atoms with Gasteiger partial charge < -0.3 is 30.8 Å². The number of aromatic amines is 1. The molecule has 9 nitrogen and oxygen atoms in total. The lowest BCUT2D eigenvalue weighted by molar-refractivity contribution is -0.123. The molecule has 1 rings (SSSR count). The Labute approximate surface area is 210 Å². The van der Waals surface area contributed by atoms with E-state index in [9.17, 15) is 9.59 Å². The first-order chi connectivity index (χ1) is 15.1. The van der Waals surface area contributed by atoms with Crippen LogP contribution in [-0.2, 0) is 25.5 Å². The van der Waals surface area contributed by atoms with E-state index in [-0.39, 0.29) is 36.6 Å². The summed E-state index contributed by atoms with van der Waals surface area (Å²) in [6, 6.07) is -0.621. The summed E-state index contributed by atoms with van der Waals surface area (Å²) in [7, 11) is 0. The first-order valence-corrected chi connectivity index (χ1v) is 11.6. The maximum atomic E-state index is 11.9. The first-order valence-electron chi connectivity index (χ1n) is 11.6. The van der Waals surface area contributed by atoms with E-state index >= 15 is 0 Å². The van der Waals surface area contributed by atoms with Crippen LogP contribution in [0.1, 0.15) is 64.0 Å². The number of amides is 2. The summed E-state index contributed by atoms with van der Waals surface area (Å²) in [5.74, 6) is -0.128. The van der Waals surface area contributed by atoms with E-state index in [0.717, 1.165) is 18.5 Å². The number of nitrogens with two attached hydrogens (primary N) is 1. The second-order valence-electron chi connectivity index (χ2n) is 7.62. The Hall–Kier alpha value is -1.39. The number of halogens is 2. The summed E-state index contributed by atoms with van der Waals surface area (Å²) in [5.41, 5.74) is 6.67. The number of carbonyl (C=O) groups is 2. The number of hydrogen-bond donors (Lipinski definition) is 4. The second-order valence-corrected chi connectivity index (χ2v) is 7.62. The lowest BCUT2D eigenvalue weighted by Crippen LogP contribution is -2.43. The minimum atomic E-state index is -0.621. The average molecular weight is 513 g/mol. The number of H-pyrrole nitrogens is 1. The molecule has 0 aliphatic rings. The molecule has 0 saturated heterocycles. The fraction of sp³-hybridized carbons (Fsp3) is 0.773. The predicted molar refractivity (Wildman–Crippen MR) is 135 cm³/mol. The molecule has 2 amide bonds. The van der Waals surface area contributed by atoms with Crippen molar-refractivity contribution in [3.05, 3.63) is 18.2 Å². The number of aromatic nitrogens is 2. The first kappa shape index (κ1) is 33.8. The lowest BCUT2D eigenvalue weighted by atomic mass is 10.1. The van der Waals surface area contributed by atoms with E-state index in [2.05, 4.69) is 27.5 Å². The van der Waals surface area contributed by atoms with Crippen molar-refractivity contribution in [2.45, 2.75) is 70.8 Å². The topological polar surface area (TPSA) is 131 Å². The van der Waals surface area contributed by atoms with Gasteiger partial charge in [0, 0.05) is 37.8 Å². The second kappa shape index (κ2) is 23.8. The standard InChI is InChI=1S/C22H41N5O4.2ClH/c1-2-3-4-5-6-7-8-9-21(28)25-10-12-30-14-15-31-13-11-26-22(29)20(23)16-19-17-24-18-27-19;;/h17-18,20H,2-16,23H2,1H3,(H,24,27)(H,25,28)(H,26,29);2*1H/t20-;;/m0../s1. The SMILES string of the molecule is CCCCCCCCCC(=O)NCCOCCOCCNC(=O)[C@@H](N)Cc1cnc[nH]1.Cl.Cl. The van der Waals surface area contributed by atoms with Crippen molar-refractivity contribution in [3.63, 3.8) is 0 Å². The molecule has 0 aromatic carbocycles. The van der Waals surface area contributed by atoms with Gasteiger partial charge in [0.2, 0.25) is 11.8 Å². The van der Waals surface area contributed by atoms with Crippen molar-refractivity contribution < 1.29 is 19.1 Å². The minimum absolute atomic E-state index is 0. The molecule has 194 valence electrons. The summed E-state index contributed by atoms with van der Waals surface area (Å²) >= 11 is 0. The van der Waals surface area contributed by atoms with E-state index in [1.165, 1.54) is 32.1 Å². The van der Waals surface area contributed by atoms with Crippen LogP contribution in [0.25, 0.3) is 0 Å². The number of rotatable bonds is 20. The molecule has 0 aliphatic carbocycles. The van der Waals surface area contributed by atoms with Gasteiger partial charge in [0.15, 0.2) is 0 Å². The highest BCUT2D eigenvalue weighted by Gasteiger charge is 2.13. The summed E-state index contributed by atoms with van der Waals surface area (Å²) in [5, 5.41) is 5.61. The fourth-order valence-corrected chi connectivity index (χ4v) is 3.02. The normalized spacial score (nSPS) is 11.2. The Bertz CT molecular complexity index is 579. The van der Waals surface area contributed by atoms with Crippen molar-refractivity contribution in [2.24, 2.45) is 5.73 Å². The quantitative estimate of drug-likeness (QED) is 0.199. The van der Waals surface area contributed by atoms with Gasteiger partial charge in [0.1, 0.15) is 0 Å². The monoisotopic (exact) mass is 511 g/mol. The zero-order chi connectivity index (χ0) is 22.6. The number of nitrogens with zero attached hydrogens (tertiary/aromatic N) is 1. The predicted octanol–water partition coefficient (Wildman–Crippen LogP) is 2.53. The fourth-order valence-electron chi connectivity index (χ4n) is 3.02. The third-order valence-corrected chi connectivity index (χ3v) is 4.83. The minimum Gasteiger partial charge on any atom is -0.377 e. The molecule has 0 unspecified atom stereocenters. The Morgan fingerprint density at radius 3 is 2.18 bits per heavy atom. The zero-order valence-corrected chi connectivity index (χ0v) is 21.4. The van der Waals surface area contributed by atoms with Gasteiger partial charge in [0.05, 0.1) is 38.8 Å². The molecule has 1 heterocycles. The van der Waals surface area contributed by atoms with Crippen LogP contribution in [0.4, 0.5) is 0 Å². The summed E-state index contributed by atoms with van der Waals surface area (Å²) in [6.07, 6.45) is 12.7. The lowest BCUT2D eigenvalue weighted by Gasteiger charge is -2.11. The van der Waals surface area contributed by atoms with Crippen molar-refractivity contribution in [1.82, 2.24) is 20.6 Å². The Morgan fingerprint density at radius 2 is 1.58 bits per heavy atom. The van der Waals surface area contributed by atoms with E-state index < -0.39 is 6.04 Å². The third kappa shape index (κ3) is 19.8. The number of imidazole rings is 1. The van der Waals surface area contributed by atoms with Gasteiger partial charge >= 0.3 is 0 Å². The van der Waals surface area contributed by atoms with E-state index in [0.29, 0.717) is 52.4 Å². The van der Waals surface area contributed by atoms with Crippen molar-refractivity contribution in [3.8, 4) is 0 Å². The number of unbranched alkanes of at least 4 members (excludes halogenated alkanes) is 6. The molecule has 1 aromatic heterocycles. The van der Waals surface area contributed by atoms with E-state index in [4.69, 9.17) is 15.2 Å². The molecular weight excluding hydrogens is 469 g/mol. The van der Waals surface area contributed by atoms with Gasteiger partial charge in [-0.15, -0.1) is 24.8 Å². The molecule has 0 fully saturated rings. The molecule has 0 bridgehead atoms. The Kier molecular flexibility index (Phi) is 24.3. The summed E-state index contributed by atoms with van der Waals surface area (Å²) < 4.78 is 10.8. The van der Waals surface area contributed by atoms with Crippen LogP contribution >= 0.6 is 24.8 Å². The van der Waals surface area contributed by atoms with E-state index in [1.54, 1.807) is 12.5 Å². The van der Waals surface area contributed by atoms with Gasteiger partial charge in [-0.1, -0.05) is 45.4 Å². The number of ether oxygens (including phenoxy) is 2. The van der Waals surface area contributed by atoms with Crippen molar-refractivity contribution in [1.29, 1.82) is 0 Å². The van der Waals surface area contributed by atoms with Gasteiger partial charge in [-0.2, -0.15) is 0 Å². The smallest absolute Gasteiger partial charge is 0.237 e. The molecule has 0 spiro atoms. The van der Waals surface area contributed by atoms with Crippen molar-refractivity contribution in [2.75, 3.05) is 39.5 Å². The summed E-state index contributed by atoms with van der Waals surface area (Å²) in [4.78, 5) is 30.4. The molecule has 0 radical (unpaired) electrons. The zero-order valence-electron chi connectivity index (χ0n) is 19.8. The average Bonchev–Trinajstić information content (AvgIpc) is 3.27. The van der Waals surface area contributed by atoms with Crippen LogP contribution in [0.3, 0.4) is 0 Å². The Balaban J connectivity index is 0. The molecule has 33 heavy (non-hydrogen) atoms. The van der Waals surface area contributed by atoms with Crippen LogP contribution in [0.15, 0.2) is 12.5 Å². The van der Waals surface area contributed by atoms with Crippen molar-refractivity contribution >= 4 is 36.6 Å². The van der Waals surface area contributed by atoms with Crippen LogP contribution in [0, 0.1) is 0 Å². The largest absolute Gasteiger partial charge is 0.377 e. The molecule has 1 atom stereocenters. The maximum Gasteiger partial charge on any atom is 0.237 e. The Morgan fingerprint density at radius 1 is 0.970 bits per heavy atom. The van der Waals surface area contributed by atoms with Crippen LogP contribution < -0.4 is 16.4 Å². The van der Waals surface area contributed by atoms with Crippen LogP contribution in [0.2, 0.25) is 0 Å². The molecule has 0 aliphatic heterocycles. The van der Waals surface area contributed by atoms with E-state index in [1.807, 2.05) is 0 Å². The highest BCUT2D eigenvalue weighted by molar-refractivity contribution is 5.85. The van der Waals surface area contributed by atoms with Gasteiger partial charge in [-0.25, -0.2) is 4.98 Å². The molecule has 1 aromatic rings. The third-order valence-electron chi connectivity index (χ3n) is 4.83. The van der Waals surface area contributed by atoms with Gasteiger partial charge in [-0.05, 0) is 6.42 Å². The molecule has 5 N–H and O–H groups in total. The number of nitrogens with one attached hydrogen (secondary N) is 3. The molecular formula is C22H43Cl2N5O4. The highest BCUT2D eigenvalue weighted by Crippen LogP contribution is 2.08. The van der Waals surface area contributed by atoms with Crippen LogP contribution in [0.5, 0.6) is 0 Å². The van der Waals surface area contributed by atoms with Gasteiger partial charge in [0.25, 0.3) is 0 Å². The number of hydrogen-bond acceptors (Lipinski definition) is 6. The summed E-state index contributed by atoms with van der Waals surface area (Å²) in [6.45, 7) is 4.85. The molecule has 0 saturated carbocycles. The maximum absolute atomic E-state index is 11.9. The van der Waals surface area contributed by atoms with Gasteiger partial charge in [-0.3, -0.25) is 9.59 Å². The van der Waals surface area contributed by atoms with Crippen LogP contribution in [-0.4, -0.2) is 67.3 Å².